The normalized spacial score (nSPS) is 19.1. The summed E-state index contributed by atoms with van der Waals surface area (Å²) in [5.74, 6) is -1.06. The van der Waals surface area contributed by atoms with Gasteiger partial charge in [-0.1, -0.05) is 17.4 Å². The van der Waals surface area contributed by atoms with Crippen molar-refractivity contribution in [3.63, 3.8) is 0 Å². The molecule has 7 nitrogen and oxygen atoms in total. The van der Waals surface area contributed by atoms with Crippen molar-refractivity contribution in [2.45, 2.75) is 20.3 Å². The Bertz CT molecular complexity index is 1190. The lowest BCUT2D eigenvalue weighted by Crippen LogP contribution is -2.36. The Labute approximate surface area is 191 Å². The average molecular weight is 451 g/mol. The number of aromatic nitrogens is 1. The van der Waals surface area contributed by atoms with Gasteiger partial charge in [-0.3, -0.25) is 9.59 Å². The van der Waals surface area contributed by atoms with Gasteiger partial charge in [-0.25, -0.2) is 4.98 Å². The number of nitrogens with one attached hydrogen (secondary N) is 1. The highest BCUT2D eigenvalue weighted by Crippen LogP contribution is 2.32. The van der Waals surface area contributed by atoms with Crippen LogP contribution >= 0.6 is 11.3 Å². The number of hydrogen-bond acceptors (Lipinski definition) is 6. The molecule has 0 radical (unpaired) electrons. The van der Waals surface area contributed by atoms with E-state index in [0.717, 1.165) is 39.7 Å². The number of thiazole rings is 1. The summed E-state index contributed by atoms with van der Waals surface area (Å²) >= 11 is 1.61. The van der Waals surface area contributed by atoms with E-state index in [4.69, 9.17) is 9.72 Å². The minimum atomic E-state index is -0.669. The molecule has 2 saturated heterocycles. The third-order valence-corrected chi connectivity index (χ3v) is 7.33. The summed E-state index contributed by atoms with van der Waals surface area (Å²) in [6.45, 7) is 7.73. The Morgan fingerprint density at radius 3 is 2.69 bits per heavy atom. The third-order valence-electron chi connectivity index (χ3n) is 6.25. The second-order valence-electron chi connectivity index (χ2n) is 8.37. The molecule has 2 fully saturated rings. The Hall–Kier alpha value is -2.97. The molecule has 3 heterocycles. The summed E-state index contributed by atoms with van der Waals surface area (Å²) in [4.78, 5) is 34.6. The van der Waals surface area contributed by atoms with Gasteiger partial charge in [0.25, 0.3) is 0 Å². The van der Waals surface area contributed by atoms with Crippen molar-refractivity contribution < 1.29 is 14.3 Å². The largest absolute Gasteiger partial charge is 0.378 e. The predicted octanol–water partition coefficient (Wildman–Crippen LogP) is 3.74. The molecule has 2 aliphatic heterocycles. The molecule has 2 aliphatic rings. The highest BCUT2D eigenvalue weighted by Gasteiger charge is 2.37. The van der Waals surface area contributed by atoms with E-state index in [1.165, 1.54) is 5.56 Å². The van der Waals surface area contributed by atoms with Crippen molar-refractivity contribution in [3.05, 3.63) is 47.5 Å². The topological polar surface area (TPSA) is 74.8 Å². The summed E-state index contributed by atoms with van der Waals surface area (Å²) in [5, 5.41) is 3.92. The highest BCUT2D eigenvalue weighted by molar-refractivity contribution is 7.22. The van der Waals surface area contributed by atoms with Gasteiger partial charge in [0.15, 0.2) is 5.13 Å². The summed E-state index contributed by atoms with van der Waals surface area (Å²) in [6, 6.07) is 11.7. The van der Waals surface area contributed by atoms with Crippen LogP contribution in [0.2, 0.25) is 0 Å². The fourth-order valence-electron chi connectivity index (χ4n) is 4.18. The maximum absolute atomic E-state index is 13.0. The average Bonchev–Trinajstić information content (AvgIpc) is 3.39. The Kier molecular flexibility index (Phi) is 5.57. The van der Waals surface area contributed by atoms with Crippen LogP contribution in [0.3, 0.4) is 0 Å². The van der Waals surface area contributed by atoms with Crippen molar-refractivity contribution >= 4 is 49.9 Å². The van der Waals surface area contributed by atoms with E-state index in [1.54, 1.807) is 16.2 Å². The van der Waals surface area contributed by atoms with Crippen molar-refractivity contribution in [1.82, 2.24) is 4.98 Å². The predicted molar refractivity (Wildman–Crippen MR) is 128 cm³/mol. The molecule has 2 amide bonds. The number of benzene rings is 2. The van der Waals surface area contributed by atoms with Gasteiger partial charge < -0.3 is 19.9 Å². The summed E-state index contributed by atoms with van der Waals surface area (Å²) < 4.78 is 6.43. The van der Waals surface area contributed by atoms with Gasteiger partial charge in [0.05, 0.1) is 23.4 Å². The Morgan fingerprint density at radius 2 is 1.91 bits per heavy atom. The maximum atomic E-state index is 13.0. The van der Waals surface area contributed by atoms with Crippen LogP contribution in [-0.2, 0) is 14.3 Å². The van der Waals surface area contributed by atoms with E-state index in [2.05, 4.69) is 10.2 Å². The van der Waals surface area contributed by atoms with Crippen LogP contribution < -0.4 is 15.1 Å². The van der Waals surface area contributed by atoms with E-state index in [0.29, 0.717) is 31.9 Å². The molecule has 32 heavy (non-hydrogen) atoms. The summed E-state index contributed by atoms with van der Waals surface area (Å²) in [7, 11) is 0. The van der Waals surface area contributed by atoms with Crippen molar-refractivity contribution in [1.29, 1.82) is 0 Å². The van der Waals surface area contributed by atoms with Gasteiger partial charge in [0.1, 0.15) is 5.92 Å². The molecular formula is C24H26N4O3S. The van der Waals surface area contributed by atoms with Crippen LogP contribution in [0.15, 0.2) is 36.4 Å². The number of rotatable bonds is 4. The fourth-order valence-corrected chi connectivity index (χ4v) is 5.24. The maximum Gasteiger partial charge on any atom is 0.239 e. The van der Waals surface area contributed by atoms with Gasteiger partial charge in [0.2, 0.25) is 11.8 Å². The minimum absolute atomic E-state index is 0.140. The molecule has 1 N–H and O–H groups in total. The molecule has 1 unspecified atom stereocenters. The highest BCUT2D eigenvalue weighted by atomic mass is 32.1. The van der Waals surface area contributed by atoms with Crippen LogP contribution in [0.1, 0.15) is 17.5 Å². The fraction of sp³-hybridized carbons (Fsp3) is 0.375. The van der Waals surface area contributed by atoms with Crippen LogP contribution in [0, 0.1) is 19.8 Å². The Balaban J connectivity index is 1.29. The van der Waals surface area contributed by atoms with Gasteiger partial charge in [-0.05, 0) is 61.7 Å². The SMILES string of the molecule is Cc1ccc(N2CCC(C(=O)Nc3ccc4nc(N5CCOCC5)sc4c3)C2=O)cc1C. The zero-order valence-corrected chi connectivity index (χ0v) is 19.1. The lowest BCUT2D eigenvalue weighted by molar-refractivity contribution is -0.129. The molecule has 3 aromatic rings. The van der Waals surface area contributed by atoms with E-state index >= 15 is 0 Å². The number of aryl methyl sites for hydroxylation is 2. The zero-order valence-electron chi connectivity index (χ0n) is 18.3. The number of anilines is 3. The van der Waals surface area contributed by atoms with Gasteiger partial charge in [-0.15, -0.1) is 0 Å². The summed E-state index contributed by atoms with van der Waals surface area (Å²) in [6.07, 6.45) is 0.515. The standard InChI is InChI=1S/C24H26N4O3S/c1-15-3-5-18(13-16(15)2)28-8-7-19(23(28)30)22(29)25-17-4-6-20-21(14-17)32-24(26-20)27-9-11-31-12-10-27/h3-6,13-14,19H,7-12H2,1-2H3,(H,25,29). The van der Waals surface area contributed by atoms with Crippen molar-refractivity contribution in [2.24, 2.45) is 5.92 Å². The minimum Gasteiger partial charge on any atom is -0.378 e. The van der Waals surface area contributed by atoms with Crippen LogP contribution in [0.25, 0.3) is 10.2 Å². The molecule has 5 rings (SSSR count). The molecule has 2 aromatic carbocycles. The number of nitrogens with zero attached hydrogens (tertiary/aromatic N) is 3. The monoisotopic (exact) mass is 450 g/mol. The van der Waals surface area contributed by atoms with Crippen LogP contribution in [0.5, 0.6) is 0 Å². The molecule has 0 bridgehead atoms. The first-order valence-corrected chi connectivity index (χ1v) is 11.7. The van der Waals surface area contributed by atoms with Gasteiger partial charge in [0, 0.05) is 31.0 Å². The molecule has 1 aromatic heterocycles. The van der Waals surface area contributed by atoms with E-state index in [9.17, 15) is 9.59 Å². The molecule has 0 saturated carbocycles. The zero-order chi connectivity index (χ0) is 22.2. The Morgan fingerprint density at radius 1 is 1.09 bits per heavy atom. The van der Waals surface area contributed by atoms with Crippen LogP contribution in [0.4, 0.5) is 16.5 Å². The smallest absolute Gasteiger partial charge is 0.239 e. The molecule has 0 spiro atoms. The second-order valence-corrected chi connectivity index (χ2v) is 9.38. The number of hydrogen-bond donors (Lipinski definition) is 1. The number of amides is 2. The van der Waals surface area contributed by atoms with E-state index in [1.807, 2.05) is 50.2 Å². The first kappa shape index (κ1) is 20.9. The van der Waals surface area contributed by atoms with Crippen LogP contribution in [-0.4, -0.2) is 49.6 Å². The van der Waals surface area contributed by atoms with Gasteiger partial charge in [-0.2, -0.15) is 0 Å². The van der Waals surface area contributed by atoms with E-state index < -0.39 is 5.92 Å². The molecule has 166 valence electrons. The van der Waals surface area contributed by atoms with E-state index in [-0.39, 0.29) is 11.8 Å². The molecule has 0 aliphatic carbocycles. The number of fused-ring (bicyclic) bond motifs is 1. The van der Waals surface area contributed by atoms with Gasteiger partial charge >= 0.3 is 0 Å². The van der Waals surface area contributed by atoms with Crippen molar-refractivity contribution in [3.8, 4) is 0 Å². The summed E-state index contributed by atoms with van der Waals surface area (Å²) in [5.41, 5.74) is 4.78. The first-order valence-electron chi connectivity index (χ1n) is 10.9. The number of carbonyl (C=O) groups excluding carboxylic acids is 2. The molecule has 8 heteroatoms. The number of morpholine rings is 1. The third kappa shape index (κ3) is 3.96. The second kappa shape index (κ2) is 8.52. The number of carbonyl (C=O) groups is 2. The number of ether oxygens (including phenoxy) is 1. The molecular weight excluding hydrogens is 424 g/mol. The molecule has 1 atom stereocenters. The lowest BCUT2D eigenvalue weighted by Gasteiger charge is -2.25. The van der Waals surface area contributed by atoms with Crippen molar-refractivity contribution in [2.75, 3.05) is 48.0 Å². The quantitative estimate of drug-likeness (QED) is 0.613. The lowest BCUT2D eigenvalue weighted by atomic mass is 10.1. The first-order chi connectivity index (χ1) is 15.5.